The van der Waals surface area contributed by atoms with E-state index in [1.165, 1.54) is 66.1 Å². The van der Waals surface area contributed by atoms with Crippen LogP contribution in [0.1, 0.15) is 11.1 Å². The van der Waals surface area contributed by atoms with Gasteiger partial charge in [-0.1, -0.05) is 182 Å². The molecule has 10 aromatic carbocycles. The van der Waals surface area contributed by atoms with E-state index < -0.39 is 0 Å². The number of anilines is 6. The molecule has 10 aromatic rings. The maximum atomic E-state index is 2.43. The highest BCUT2D eigenvalue weighted by molar-refractivity contribution is 6.03. The first-order valence-electron chi connectivity index (χ1n) is 20.7. The summed E-state index contributed by atoms with van der Waals surface area (Å²) in [5.74, 6) is 0. The second kappa shape index (κ2) is 15.9. The van der Waals surface area contributed by atoms with Crippen LogP contribution < -0.4 is 9.80 Å². The molecule has 0 aliphatic carbocycles. The van der Waals surface area contributed by atoms with Crippen LogP contribution in [0, 0.1) is 13.8 Å². The molecule has 0 aromatic heterocycles. The fourth-order valence-electron chi connectivity index (χ4n) is 8.86. The lowest BCUT2D eigenvalue weighted by atomic mass is 9.94. The third-order valence-electron chi connectivity index (χ3n) is 11.7. The van der Waals surface area contributed by atoms with E-state index in [-0.39, 0.29) is 0 Å². The molecule has 0 fully saturated rings. The van der Waals surface area contributed by atoms with Crippen LogP contribution in [0.4, 0.5) is 34.1 Å². The minimum absolute atomic E-state index is 1.12. The average molecular weight is 769 g/mol. The van der Waals surface area contributed by atoms with Crippen molar-refractivity contribution in [3.8, 4) is 33.4 Å². The van der Waals surface area contributed by atoms with Gasteiger partial charge >= 0.3 is 0 Å². The summed E-state index contributed by atoms with van der Waals surface area (Å²) in [4.78, 5) is 4.87. The minimum atomic E-state index is 1.12. The lowest BCUT2D eigenvalue weighted by molar-refractivity contribution is 1.27. The van der Waals surface area contributed by atoms with E-state index in [0.29, 0.717) is 0 Å². The standard InChI is InChI=1S/C58H44N2/c1-41-39-47(59(57-33-17-25-45-23-9-11-27-53(45)57)55-31-15-13-29-51(55)43-19-5-3-6-20-43)35-37-49(41)50-38-36-48(40-42(50)2)60(58-34-18-26-46-24-10-12-28-54(46)58)56-32-16-14-30-52(56)44-21-7-4-8-22-44/h3-40H,1-2H3. The van der Waals surface area contributed by atoms with Crippen LogP contribution in [-0.4, -0.2) is 0 Å². The Labute approximate surface area is 352 Å². The molecule has 0 radical (unpaired) electrons. The number of benzene rings is 10. The fourth-order valence-corrected chi connectivity index (χ4v) is 8.86. The summed E-state index contributed by atoms with van der Waals surface area (Å²) >= 11 is 0. The van der Waals surface area contributed by atoms with Crippen molar-refractivity contribution in [1.82, 2.24) is 0 Å². The Bertz CT molecular complexity index is 2910. The molecule has 0 atom stereocenters. The Balaban J connectivity index is 1.10. The predicted octanol–water partition coefficient (Wildman–Crippen LogP) is 16.6. The van der Waals surface area contributed by atoms with Crippen LogP contribution in [0.3, 0.4) is 0 Å². The molecular weight excluding hydrogens is 725 g/mol. The average Bonchev–Trinajstić information content (AvgIpc) is 3.31. The summed E-state index contributed by atoms with van der Waals surface area (Å²) in [7, 11) is 0. The molecule has 0 saturated carbocycles. The maximum Gasteiger partial charge on any atom is 0.0540 e. The van der Waals surface area contributed by atoms with Gasteiger partial charge in [0.1, 0.15) is 0 Å². The van der Waals surface area contributed by atoms with Crippen molar-refractivity contribution in [2.24, 2.45) is 0 Å². The summed E-state index contributed by atoms with van der Waals surface area (Å²) in [6.45, 7) is 4.49. The molecule has 0 saturated heterocycles. The Kier molecular flexibility index (Phi) is 9.73. The van der Waals surface area contributed by atoms with Gasteiger partial charge in [0, 0.05) is 33.3 Å². The minimum Gasteiger partial charge on any atom is -0.309 e. The number of para-hydroxylation sites is 2. The van der Waals surface area contributed by atoms with E-state index in [4.69, 9.17) is 0 Å². The molecule has 286 valence electrons. The van der Waals surface area contributed by atoms with E-state index in [9.17, 15) is 0 Å². The zero-order chi connectivity index (χ0) is 40.4. The van der Waals surface area contributed by atoms with Crippen LogP contribution >= 0.6 is 0 Å². The van der Waals surface area contributed by atoms with Crippen molar-refractivity contribution >= 4 is 55.7 Å². The SMILES string of the molecule is Cc1cc(N(c2ccccc2-c2ccccc2)c2cccc3ccccc23)ccc1-c1ccc(N(c2ccccc2-c2ccccc2)c2cccc3ccccc23)cc1C. The number of fused-ring (bicyclic) bond motifs is 2. The quantitative estimate of drug-likeness (QED) is 0.144. The lowest BCUT2D eigenvalue weighted by Gasteiger charge is -2.30. The van der Waals surface area contributed by atoms with Crippen molar-refractivity contribution in [2.75, 3.05) is 9.80 Å². The molecule has 2 heteroatoms. The van der Waals surface area contributed by atoms with Gasteiger partial charge in [0.25, 0.3) is 0 Å². The molecule has 0 N–H and O–H groups in total. The normalized spacial score (nSPS) is 11.2. The third-order valence-corrected chi connectivity index (χ3v) is 11.7. The number of nitrogens with zero attached hydrogens (tertiary/aromatic N) is 2. The zero-order valence-electron chi connectivity index (χ0n) is 33.8. The van der Waals surface area contributed by atoms with Crippen LogP contribution in [0.5, 0.6) is 0 Å². The predicted molar refractivity (Wildman–Crippen MR) is 257 cm³/mol. The summed E-state index contributed by atoms with van der Waals surface area (Å²) in [5, 5.41) is 4.84. The number of aryl methyl sites for hydroxylation is 2. The van der Waals surface area contributed by atoms with Crippen molar-refractivity contribution in [1.29, 1.82) is 0 Å². The molecule has 10 rings (SSSR count). The topological polar surface area (TPSA) is 6.48 Å². The van der Waals surface area contributed by atoms with Crippen LogP contribution in [0.15, 0.2) is 231 Å². The summed E-state index contributed by atoms with van der Waals surface area (Å²) in [6.07, 6.45) is 0. The van der Waals surface area contributed by atoms with Gasteiger partial charge in [0.15, 0.2) is 0 Å². The van der Waals surface area contributed by atoms with E-state index in [1.54, 1.807) is 0 Å². The Morgan fingerprint density at radius 1 is 0.267 bits per heavy atom. The lowest BCUT2D eigenvalue weighted by Crippen LogP contribution is -2.12. The van der Waals surface area contributed by atoms with E-state index in [1.807, 2.05) is 0 Å². The second-order valence-electron chi connectivity index (χ2n) is 15.4. The van der Waals surface area contributed by atoms with Crippen LogP contribution in [0.25, 0.3) is 54.9 Å². The van der Waals surface area contributed by atoms with Crippen molar-refractivity contribution in [2.45, 2.75) is 13.8 Å². The van der Waals surface area contributed by atoms with Gasteiger partial charge in [-0.3, -0.25) is 0 Å². The van der Waals surface area contributed by atoms with Gasteiger partial charge in [-0.05, 0) is 107 Å². The summed E-state index contributed by atoms with van der Waals surface area (Å²) in [6, 6.07) is 83.4. The molecule has 2 nitrogen and oxygen atoms in total. The zero-order valence-corrected chi connectivity index (χ0v) is 33.8. The molecule has 60 heavy (non-hydrogen) atoms. The molecule has 0 heterocycles. The third kappa shape index (κ3) is 6.78. The molecule has 0 bridgehead atoms. The smallest absolute Gasteiger partial charge is 0.0540 e. The Morgan fingerprint density at radius 3 is 1.05 bits per heavy atom. The first-order chi connectivity index (χ1) is 29.6. The molecule has 0 amide bonds. The number of hydrogen-bond donors (Lipinski definition) is 0. The number of hydrogen-bond acceptors (Lipinski definition) is 2. The number of rotatable bonds is 9. The fraction of sp³-hybridized carbons (Fsp3) is 0.0345. The van der Waals surface area contributed by atoms with Crippen LogP contribution in [-0.2, 0) is 0 Å². The van der Waals surface area contributed by atoms with Gasteiger partial charge in [-0.15, -0.1) is 0 Å². The maximum absolute atomic E-state index is 2.43. The van der Waals surface area contributed by atoms with Gasteiger partial charge in [-0.2, -0.15) is 0 Å². The van der Waals surface area contributed by atoms with Gasteiger partial charge < -0.3 is 9.80 Å². The Hall–Kier alpha value is -7.68. The highest BCUT2D eigenvalue weighted by Gasteiger charge is 2.22. The van der Waals surface area contributed by atoms with Gasteiger partial charge in [-0.25, -0.2) is 0 Å². The molecule has 0 spiro atoms. The van der Waals surface area contributed by atoms with Crippen molar-refractivity contribution < 1.29 is 0 Å². The van der Waals surface area contributed by atoms with Crippen LogP contribution in [0.2, 0.25) is 0 Å². The summed E-state index contributed by atoms with van der Waals surface area (Å²) in [5.41, 5.74) is 16.4. The summed E-state index contributed by atoms with van der Waals surface area (Å²) < 4.78 is 0. The second-order valence-corrected chi connectivity index (χ2v) is 15.4. The van der Waals surface area contributed by atoms with Crippen molar-refractivity contribution in [3.63, 3.8) is 0 Å². The highest BCUT2D eigenvalue weighted by Crippen LogP contribution is 2.47. The first-order valence-corrected chi connectivity index (χ1v) is 20.7. The van der Waals surface area contributed by atoms with E-state index in [0.717, 1.165) is 34.1 Å². The monoisotopic (exact) mass is 768 g/mol. The van der Waals surface area contributed by atoms with Gasteiger partial charge in [0.2, 0.25) is 0 Å². The molecule has 0 aliphatic heterocycles. The first kappa shape index (κ1) is 36.6. The van der Waals surface area contributed by atoms with E-state index in [2.05, 4.69) is 254 Å². The van der Waals surface area contributed by atoms with Gasteiger partial charge in [0.05, 0.1) is 22.7 Å². The van der Waals surface area contributed by atoms with E-state index >= 15 is 0 Å². The molecular formula is C58H44N2. The molecule has 0 unspecified atom stereocenters. The Morgan fingerprint density at radius 2 is 0.617 bits per heavy atom. The molecule has 0 aliphatic rings. The van der Waals surface area contributed by atoms with Crippen molar-refractivity contribution in [3.05, 3.63) is 242 Å². The highest BCUT2D eigenvalue weighted by atomic mass is 15.2. The largest absolute Gasteiger partial charge is 0.309 e.